The minimum Gasteiger partial charge on any atom is -0.488 e. The third-order valence-electron chi connectivity index (χ3n) is 3.02. The fraction of sp³-hybridized carbons (Fsp3) is 0.267. The van der Waals surface area contributed by atoms with Crippen molar-refractivity contribution in [2.24, 2.45) is 0 Å². The van der Waals surface area contributed by atoms with Gasteiger partial charge in [0.2, 0.25) is 0 Å². The Kier molecular flexibility index (Phi) is 3.94. The number of hydrogen-bond acceptors (Lipinski definition) is 3. The molecule has 0 aliphatic heterocycles. The van der Waals surface area contributed by atoms with E-state index in [0.29, 0.717) is 24.0 Å². The number of carbonyl (C=O) groups excluding carboxylic acids is 1. The van der Waals surface area contributed by atoms with Crippen LogP contribution in [-0.4, -0.2) is 11.9 Å². The summed E-state index contributed by atoms with van der Waals surface area (Å²) in [5.41, 5.74) is 0.638. The van der Waals surface area contributed by atoms with Crippen molar-refractivity contribution in [1.29, 1.82) is 0 Å². The molecule has 104 valence electrons. The molecule has 2 aromatic rings. The van der Waals surface area contributed by atoms with Crippen LogP contribution >= 0.6 is 22.9 Å². The van der Waals surface area contributed by atoms with Crippen molar-refractivity contribution < 1.29 is 9.53 Å². The van der Waals surface area contributed by atoms with Crippen molar-refractivity contribution in [3.63, 3.8) is 0 Å². The third kappa shape index (κ3) is 3.52. The molecule has 20 heavy (non-hydrogen) atoms. The minimum atomic E-state index is -0.0304. The van der Waals surface area contributed by atoms with Crippen LogP contribution in [0.2, 0.25) is 4.34 Å². The van der Waals surface area contributed by atoms with E-state index in [-0.39, 0.29) is 5.91 Å². The Hall–Kier alpha value is -1.52. The van der Waals surface area contributed by atoms with Gasteiger partial charge in [-0.15, -0.1) is 11.3 Å². The smallest absolute Gasteiger partial charge is 0.251 e. The second-order valence-electron chi connectivity index (χ2n) is 4.77. The van der Waals surface area contributed by atoms with E-state index >= 15 is 0 Å². The van der Waals surface area contributed by atoms with Gasteiger partial charge in [-0.25, -0.2) is 0 Å². The van der Waals surface area contributed by atoms with Crippen molar-refractivity contribution in [1.82, 2.24) is 5.32 Å². The van der Waals surface area contributed by atoms with Crippen LogP contribution in [0.1, 0.15) is 28.1 Å². The zero-order chi connectivity index (χ0) is 13.9. The molecule has 1 N–H and O–H groups in total. The predicted molar refractivity (Wildman–Crippen MR) is 80.6 cm³/mol. The number of ether oxygens (including phenoxy) is 1. The highest BCUT2D eigenvalue weighted by Gasteiger charge is 2.23. The zero-order valence-electron chi connectivity index (χ0n) is 10.8. The van der Waals surface area contributed by atoms with Crippen LogP contribution in [-0.2, 0) is 6.61 Å². The summed E-state index contributed by atoms with van der Waals surface area (Å²) in [5.74, 6) is 0.662. The number of thiophene rings is 1. The molecule has 1 aliphatic rings. The number of amides is 1. The number of carbonyl (C=O) groups is 1. The van der Waals surface area contributed by atoms with E-state index in [0.717, 1.165) is 22.1 Å². The molecular weight excluding hydrogens is 294 g/mol. The van der Waals surface area contributed by atoms with Gasteiger partial charge in [0.25, 0.3) is 5.91 Å². The summed E-state index contributed by atoms with van der Waals surface area (Å²) in [5, 5.41) is 2.96. The second-order valence-corrected chi connectivity index (χ2v) is 6.57. The van der Waals surface area contributed by atoms with Crippen LogP contribution < -0.4 is 10.1 Å². The molecule has 1 fully saturated rings. The first-order valence-electron chi connectivity index (χ1n) is 6.48. The van der Waals surface area contributed by atoms with Crippen molar-refractivity contribution >= 4 is 28.8 Å². The topological polar surface area (TPSA) is 38.3 Å². The van der Waals surface area contributed by atoms with E-state index in [4.69, 9.17) is 16.3 Å². The average molecular weight is 308 g/mol. The molecule has 1 aromatic carbocycles. The number of hydrogen-bond donors (Lipinski definition) is 1. The van der Waals surface area contributed by atoms with Crippen LogP contribution in [0, 0.1) is 0 Å². The number of rotatable bonds is 5. The highest BCUT2D eigenvalue weighted by atomic mass is 35.5. The third-order valence-corrected chi connectivity index (χ3v) is 4.22. The first-order chi connectivity index (χ1) is 9.70. The van der Waals surface area contributed by atoms with Crippen molar-refractivity contribution in [3.05, 3.63) is 51.2 Å². The van der Waals surface area contributed by atoms with Gasteiger partial charge >= 0.3 is 0 Å². The van der Waals surface area contributed by atoms with Gasteiger partial charge in [-0.1, -0.05) is 17.7 Å². The number of benzene rings is 1. The van der Waals surface area contributed by atoms with Crippen LogP contribution in [0.25, 0.3) is 0 Å². The average Bonchev–Trinajstić information content (AvgIpc) is 3.17. The standard InChI is InChI=1S/C15H14ClNO2S/c16-14-7-6-13(20-14)9-19-12-3-1-2-10(8-12)15(18)17-11-4-5-11/h1-3,6-8,11H,4-5,9H2,(H,17,18). The molecule has 0 saturated heterocycles. The summed E-state index contributed by atoms with van der Waals surface area (Å²) in [7, 11) is 0. The van der Waals surface area contributed by atoms with E-state index in [1.807, 2.05) is 24.3 Å². The maximum absolute atomic E-state index is 11.9. The lowest BCUT2D eigenvalue weighted by Gasteiger charge is -2.07. The highest BCUT2D eigenvalue weighted by molar-refractivity contribution is 7.16. The lowest BCUT2D eigenvalue weighted by molar-refractivity contribution is 0.0950. The first kappa shape index (κ1) is 13.5. The first-order valence-corrected chi connectivity index (χ1v) is 7.68. The van der Waals surface area contributed by atoms with E-state index in [2.05, 4.69) is 5.32 Å². The van der Waals surface area contributed by atoms with Gasteiger partial charge in [0.1, 0.15) is 12.4 Å². The van der Waals surface area contributed by atoms with Crippen LogP contribution in [0.5, 0.6) is 5.75 Å². The maximum Gasteiger partial charge on any atom is 0.251 e. The quantitative estimate of drug-likeness (QED) is 0.910. The highest BCUT2D eigenvalue weighted by Crippen LogP contribution is 2.24. The molecule has 1 saturated carbocycles. The Morgan fingerprint density at radius 1 is 1.35 bits per heavy atom. The van der Waals surface area contributed by atoms with Crippen LogP contribution in [0.4, 0.5) is 0 Å². The molecule has 1 heterocycles. The molecule has 1 aliphatic carbocycles. The van der Waals surface area contributed by atoms with Gasteiger partial charge in [0.15, 0.2) is 0 Å². The van der Waals surface area contributed by atoms with Gasteiger partial charge in [-0.05, 0) is 43.2 Å². The molecule has 3 nitrogen and oxygen atoms in total. The normalized spacial score (nSPS) is 14.1. The Morgan fingerprint density at radius 3 is 2.90 bits per heavy atom. The fourth-order valence-electron chi connectivity index (χ4n) is 1.81. The summed E-state index contributed by atoms with van der Waals surface area (Å²) >= 11 is 7.37. The monoisotopic (exact) mass is 307 g/mol. The summed E-state index contributed by atoms with van der Waals surface area (Å²) in [6, 6.07) is 11.4. The fourth-order valence-corrected chi connectivity index (χ4v) is 2.81. The molecule has 0 spiro atoms. The summed E-state index contributed by atoms with van der Waals surface area (Å²) in [4.78, 5) is 13.0. The maximum atomic E-state index is 11.9. The summed E-state index contributed by atoms with van der Waals surface area (Å²) in [6.07, 6.45) is 2.17. The molecule has 0 atom stereocenters. The molecular formula is C15H14ClNO2S. The molecule has 0 bridgehead atoms. The predicted octanol–water partition coefficient (Wildman–Crippen LogP) is 3.87. The number of halogens is 1. The van der Waals surface area contributed by atoms with Gasteiger partial charge < -0.3 is 10.1 Å². The van der Waals surface area contributed by atoms with Gasteiger partial charge in [-0.2, -0.15) is 0 Å². The van der Waals surface area contributed by atoms with Crippen molar-refractivity contribution in [2.45, 2.75) is 25.5 Å². The largest absolute Gasteiger partial charge is 0.488 e. The van der Waals surface area contributed by atoms with Gasteiger partial charge in [-0.3, -0.25) is 4.79 Å². The van der Waals surface area contributed by atoms with E-state index in [1.54, 1.807) is 12.1 Å². The van der Waals surface area contributed by atoms with E-state index < -0.39 is 0 Å². The lowest BCUT2D eigenvalue weighted by Crippen LogP contribution is -2.25. The Labute approximate surface area is 126 Å². The van der Waals surface area contributed by atoms with Crippen molar-refractivity contribution in [2.75, 3.05) is 0 Å². The van der Waals surface area contributed by atoms with Gasteiger partial charge in [0, 0.05) is 16.5 Å². The number of nitrogens with one attached hydrogen (secondary N) is 1. The van der Waals surface area contributed by atoms with E-state index in [9.17, 15) is 4.79 Å². The van der Waals surface area contributed by atoms with Crippen LogP contribution in [0.3, 0.4) is 0 Å². The Morgan fingerprint density at radius 2 is 2.20 bits per heavy atom. The SMILES string of the molecule is O=C(NC1CC1)c1cccc(OCc2ccc(Cl)s2)c1. The molecule has 1 amide bonds. The molecule has 5 heteroatoms. The van der Waals surface area contributed by atoms with Crippen molar-refractivity contribution in [3.8, 4) is 5.75 Å². The van der Waals surface area contributed by atoms with Gasteiger partial charge in [0.05, 0.1) is 4.34 Å². The molecule has 3 rings (SSSR count). The summed E-state index contributed by atoms with van der Waals surface area (Å²) in [6.45, 7) is 0.463. The molecule has 0 unspecified atom stereocenters. The lowest BCUT2D eigenvalue weighted by atomic mass is 10.2. The Bertz CT molecular complexity index is 622. The second kappa shape index (κ2) is 5.85. The van der Waals surface area contributed by atoms with E-state index in [1.165, 1.54) is 11.3 Å². The zero-order valence-corrected chi connectivity index (χ0v) is 12.3. The molecule has 1 aromatic heterocycles. The summed E-state index contributed by atoms with van der Waals surface area (Å²) < 4.78 is 6.44. The minimum absolute atomic E-state index is 0.0304. The molecule has 0 radical (unpaired) electrons. The Balaban J connectivity index is 1.62. The van der Waals surface area contributed by atoms with Crippen LogP contribution in [0.15, 0.2) is 36.4 Å².